The van der Waals surface area contributed by atoms with Crippen molar-refractivity contribution < 1.29 is 9.90 Å². The number of rotatable bonds is 2. The van der Waals surface area contributed by atoms with Gasteiger partial charge in [-0.2, -0.15) is 0 Å². The van der Waals surface area contributed by atoms with Crippen LogP contribution in [0.2, 0.25) is 5.02 Å². The number of hydrogen-bond acceptors (Lipinski definition) is 2. The van der Waals surface area contributed by atoms with Crippen molar-refractivity contribution in [2.24, 2.45) is 0 Å². The summed E-state index contributed by atoms with van der Waals surface area (Å²) in [6.45, 7) is 1.47. The van der Waals surface area contributed by atoms with Gasteiger partial charge in [0.15, 0.2) is 0 Å². The first kappa shape index (κ1) is 10.5. The Hall–Kier alpha value is -0.540. The monoisotopic (exact) mass is 262 g/mol. The van der Waals surface area contributed by atoms with Crippen LogP contribution in [-0.2, 0) is 11.2 Å². The predicted molar refractivity (Wildman–Crippen MR) is 55.2 cm³/mol. The van der Waals surface area contributed by atoms with Crippen LogP contribution in [0.25, 0.3) is 0 Å². The molecule has 4 heteroatoms. The highest BCUT2D eigenvalue weighted by atomic mass is 79.9. The molecule has 0 aromatic heterocycles. The van der Waals surface area contributed by atoms with Crippen molar-refractivity contribution in [2.75, 3.05) is 0 Å². The Balaban J connectivity index is 3.08. The SMILES string of the molecule is CC(=O)Cc1cc(Cl)c(Br)cc1O. The molecule has 0 heterocycles. The van der Waals surface area contributed by atoms with Crippen molar-refractivity contribution in [1.29, 1.82) is 0 Å². The van der Waals surface area contributed by atoms with Crippen molar-refractivity contribution in [3.63, 3.8) is 0 Å². The molecule has 0 radical (unpaired) electrons. The molecule has 0 bridgehead atoms. The van der Waals surface area contributed by atoms with Gasteiger partial charge in [-0.3, -0.25) is 4.79 Å². The summed E-state index contributed by atoms with van der Waals surface area (Å²) in [6.07, 6.45) is 0.207. The van der Waals surface area contributed by atoms with Gasteiger partial charge in [0.25, 0.3) is 0 Å². The molecule has 0 aliphatic rings. The van der Waals surface area contributed by atoms with E-state index in [1.807, 2.05) is 0 Å². The summed E-state index contributed by atoms with van der Waals surface area (Å²) in [5, 5.41) is 9.92. The molecule has 0 fully saturated rings. The molecule has 0 saturated carbocycles. The maximum atomic E-state index is 10.8. The van der Waals surface area contributed by atoms with E-state index in [0.29, 0.717) is 15.1 Å². The van der Waals surface area contributed by atoms with Crippen LogP contribution >= 0.6 is 27.5 Å². The summed E-state index contributed by atoms with van der Waals surface area (Å²) in [6, 6.07) is 3.07. The van der Waals surface area contributed by atoms with E-state index in [1.54, 1.807) is 6.07 Å². The maximum absolute atomic E-state index is 10.8. The van der Waals surface area contributed by atoms with Crippen molar-refractivity contribution >= 4 is 33.3 Å². The van der Waals surface area contributed by atoms with E-state index in [-0.39, 0.29) is 18.0 Å². The zero-order valence-electron chi connectivity index (χ0n) is 6.97. The second-order valence-electron chi connectivity index (χ2n) is 2.77. The van der Waals surface area contributed by atoms with Crippen molar-refractivity contribution in [3.8, 4) is 5.75 Å². The smallest absolute Gasteiger partial charge is 0.134 e. The number of carbonyl (C=O) groups excluding carboxylic acids is 1. The summed E-state index contributed by atoms with van der Waals surface area (Å²) in [7, 11) is 0. The van der Waals surface area contributed by atoms with Gasteiger partial charge in [-0.25, -0.2) is 0 Å². The fourth-order valence-corrected chi connectivity index (χ4v) is 1.50. The second-order valence-corrected chi connectivity index (χ2v) is 4.04. The number of phenolic OH excluding ortho intramolecular Hbond substituents is 1. The van der Waals surface area contributed by atoms with E-state index >= 15 is 0 Å². The van der Waals surface area contributed by atoms with Gasteiger partial charge < -0.3 is 5.11 Å². The van der Waals surface area contributed by atoms with E-state index in [4.69, 9.17) is 11.6 Å². The van der Waals surface area contributed by atoms with E-state index < -0.39 is 0 Å². The molecule has 13 heavy (non-hydrogen) atoms. The summed E-state index contributed by atoms with van der Waals surface area (Å²) >= 11 is 8.97. The van der Waals surface area contributed by atoms with Crippen LogP contribution in [0.15, 0.2) is 16.6 Å². The van der Waals surface area contributed by atoms with Gasteiger partial charge in [0.2, 0.25) is 0 Å². The van der Waals surface area contributed by atoms with Gasteiger partial charge in [-0.15, -0.1) is 0 Å². The average molecular weight is 264 g/mol. The molecular weight excluding hydrogens is 255 g/mol. The summed E-state index contributed by atoms with van der Waals surface area (Å²) in [5.74, 6) is 0.0835. The van der Waals surface area contributed by atoms with Gasteiger partial charge in [0, 0.05) is 16.5 Å². The standard InChI is InChI=1S/C9H8BrClO2/c1-5(12)2-6-3-8(11)7(10)4-9(6)13/h3-4,13H,2H2,1H3. The molecule has 1 N–H and O–H groups in total. The fraction of sp³-hybridized carbons (Fsp3) is 0.222. The molecule has 0 saturated heterocycles. The normalized spacial score (nSPS) is 10.1. The third-order valence-electron chi connectivity index (χ3n) is 1.56. The van der Waals surface area contributed by atoms with Crippen LogP contribution in [0.1, 0.15) is 12.5 Å². The minimum absolute atomic E-state index is 0.00584. The predicted octanol–water partition coefficient (Wildman–Crippen LogP) is 2.94. The van der Waals surface area contributed by atoms with Gasteiger partial charge >= 0.3 is 0 Å². The number of aromatic hydroxyl groups is 1. The van der Waals surface area contributed by atoms with Gasteiger partial charge in [-0.05, 0) is 35.0 Å². The molecular formula is C9H8BrClO2. The maximum Gasteiger partial charge on any atom is 0.134 e. The third-order valence-corrected chi connectivity index (χ3v) is 2.76. The van der Waals surface area contributed by atoms with Crippen molar-refractivity contribution in [1.82, 2.24) is 0 Å². The highest BCUT2D eigenvalue weighted by Crippen LogP contribution is 2.30. The molecule has 70 valence electrons. The Kier molecular flexibility index (Phi) is 3.33. The molecule has 1 rings (SSSR count). The van der Waals surface area contributed by atoms with E-state index in [0.717, 1.165) is 0 Å². The highest BCUT2D eigenvalue weighted by Gasteiger charge is 2.07. The number of ketones is 1. The Labute approximate surface area is 89.7 Å². The third kappa shape index (κ3) is 2.71. The largest absolute Gasteiger partial charge is 0.508 e. The Morgan fingerprint density at radius 2 is 2.23 bits per heavy atom. The molecule has 0 aliphatic heterocycles. The first-order valence-corrected chi connectivity index (χ1v) is 4.84. The quantitative estimate of drug-likeness (QED) is 0.891. The van der Waals surface area contributed by atoms with Crippen LogP contribution in [0, 0.1) is 0 Å². The number of carbonyl (C=O) groups is 1. The summed E-state index contributed by atoms with van der Waals surface area (Å²) in [5.41, 5.74) is 0.556. The second kappa shape index (κ2) is 4.11. The van der Waals surface area contributed by atoms with Crippen LogP contribution in [0.3, 0.4) is 0 Å². The number of hydrogen-bond donors (Lipinski definition) is 1. The van der Waals surface area contributed by atoms with Crippen LogP contribution in [0.4, 0.5) is 0 Å². The first-order valence-electron chi connectivity index (χ1n) is 3.67. The fourth-order valence-electron chi connectivity index (χ4n) is 0.987. The summed E-state index contributed by atoms with van der Waals surface area (Å²) < 4.78 is 0.624. The van der Waals surface area contributed by atoms with Crippen molar-refractivity contribution in [3.05, 3.63) is 27.2 Å². The van der Waals surface area contributed by atoms with Gasteiger partial charge in [0.05, 0.1) is 5.02 Å². The topological polar surface area (TPSA) is 37.3 Å². The van der Waals surface area contributed by atoms with Gasteiger partial charge in [0.1, 0.15) is 11.5 Å². The molecule has 1 aromatic carbocycles. The van der Waals surface area contributed by atoms with E-state index in [1.165, 1.54) is 13.0 Å². The minimum Gasteiger partial charge on any atom is -0.508 e. The zero-order valence-corrected chi connectivity index (χ0v) is 9.32. The Bertz CT molecular complexity index is 350. The minimum atomic E-state index is -0.00584. The molecule has 0 unspecified atom stereocenters. The molecule has 0 spiro atoms. The molecule has 0 amide bonds. The average Bonchev–Trinajstić information content (AvgIpc) is 1.99. The molecule has 0 aliphatic carbocycles. The number of phenols is 1. The highest BCUT2D eigenvalue weighted by molar-refractivity contribution is 9.10. The lowest BCUT2D eigenvalue weighted by Gasteiger charge is -2.04. The summed E-state index contributed by atoms with van der Waals surface area (Å²) in [4.78, 5) is 10.8. The molecule has 2 nitrogen and oxygen atoms in total. The Morgan fingerprint density at radius 3 is 2.77 bits per heavy atom. The van der Waals surface area contributed by atoms with Crippen LogP contribution in [0.5, 0.6) is 5.75 Å². The number of halogens is 2. The molecule has 1 aromatic rings. The Morgan fingerprint density at radius 1 is 1.62 bits per heavy atom. The zero-order chi connectivity index (χ0) is 10.0. The first-order chi connectivity index (χ1) is 6.00. The number of Topliss-reactive ketones (excluding diaryl/α,β-unsaturated/α-hetero) is 1. The van der Waals surface area contributed by atoms with Crippen molar-refractivity contribution in [2.45, 2.75) is 13.3 Å². The van der Waals surface area contributed by atoms with Crippen LogP contribution in [-0.4, -0.2) is 10.9 Å². The van der Waals surface area contributed by atoms with Crippen LogP contribution < -0.4 is 0 Å². The van der Waals surface area contributed by atoms with E-state index in [2.05, 4.69) is 15.9 Å². The number of benzene rings is 1. The molecule has 0 atom stereocenters. The van der Waals surface area contributed by atoms with Gasteiger partial charge in [-0.1, -0.05) is 11.6 Å². The lowest BCUT2D eigenvalue weighted by molar-refractivity contribution is -0.116. The lowest BCUT2D eigenvalue weighted by Crippen LogP contribution is -1.96. The lowest BCUT2D eigenvalue weighted by atomic mass is 10.1. The van der Waals surface area contributed by atoms with E-state index in [9.17, 15) is 9.90 Å².